The fraction of sp³-hybridized carbons (Fsp3) is 0.733. The minimum Gasteiger partial charge on any atom is -0.444 e. The average molecular weight is 309 g/mol. The molecule has 116 valence electrons. The molecule has 2 atom stereocenters. The Kier molecular flexibility index (Phi) is 3.59. The molecule has 0 radical (unpaired) electrons. The van der Waals surface area contributed by atoms with Crippen LogP contribution in [0.4, 0.5) is 9.93 Å². The molecule has 1 aliphatic heterocycles. The van der Waals surface area contributed by atoms with Gasteiger partial charge in [0.1, 0.15) is 5.60 Å². The summed E-state index contributed by atoms with van der Waals surface area (Å²) >= 11 is 1.60. The first-order chi connectivity index (χ1) is 9.85. The van der Waals surface area contributed by atoms with E-state index in [4.69, 9.17) is 10.5 Å². The second-order valence-electron chi connectivity index (χ2n) is 6.89. The molecule has 0 unspecified atom stereocenters. The molecular formula is C15H23N3O2S. The summed E-state index contributed by atoms with van der Waals surface area (Å²) in [5.74, 6) is 0.323. The van der Waals surface area contributed by atoms with Crippen LogP contribution in [0.25, 0.3) is 0 Å². The van der Waals surface area contributed by atoms with Crippen LogP contribution in [0.3, 0.4) is 0 Å². The molecule has 2 aliphatic rings. The summed E-state index contributed by atoms with van der Waals surface area (Å²) in [6, 6.07) is 0.211. The number of nitrogens with two attached hydrogens (primary N) is 1. The summed E-state index contributed by atoms with van der Waals surface area (Å²) in [7, 11) is 0. The number of aromatic nitrogens is 1. The molecular weight excluding hydrogens is 286 g/mol. The van der Waals surface area contributed by atoms with Crippen molar-refractivity contribution in [3.05, 3.63) is 10.6 Å². The molecule has 5 nitrogen and oxygen atoms in total. The Morgan fingerprint density at radius 2 is 2.19 bits per heavy atom. The van der Waals surface area contributed by atoms with E-state index in [9.17, 15) is 4.79 Å². The number of aryl methyl sites for hydroxylation is 1. The zero-order valence-corrected chi connectivity index (χ0v) is 13.7. The third-order valence-electron chi connectivity index (χ3n) is 4.17. The lowest BCUT2D eigenvalue weighted by Gasteiger charge is -2.43. The third-order valence-corrected chi connectivity index (χ3v) is 5.13. The highest BCUT2D eigenvalue weighted by Crippen LogP contribution is 2.43. The number of fused-ring (bicyclic) bond motifs is 3. The number of carbonyl (C=O) groups excluding carboxylic acids is 1. The summed E-state index contributed by atoms with van der Waals surface area (Å²) in [6.07, 6.45) is 3.84. The average Bonchev–Trinajstić information content (AvgIpc) is 2.76. The molecule has 1 amide bonds. The van der Waals surface area contributed by atoms with Crippen LogP contribution in [0, 0.1) is 0 Å². The van der Waals surface area contributed by atoms with Crippen molar-refractivity contribution in [1.82, 2.24) is 9.88 Å². The summed E-state index contributed by atoms with van der Waals surface area (Å²) in [4.78, 5) is 20.2. The Morgan fingerprint density at radius 1 is 1.43 bits per heavy atom. The number of nitrogen functional groups attached to an aromatic ring is 1. The fourth-order valence-corrected chi connectivity index (χ4v) is 4.33. The molecule has 1 aromatic heterocycles. The Balaban J connectivity index is 1.82. The Labute approximate surface area is 129 Å². The van der Waals surface area contributed by atoms with Crippen molar-refractivity contribution in [3.63, 3.8) is 0 Å². The molecule has 1 aliphatic carbocycles. The second-order valence-corrected chi connectivity index (χ2v) is 8.00. The van der Waals surface area contributed by atoms with E-state index < -0.39 is 5.60 Å². The molecule has 21 heavy (non-hydrogen) atoms. The normalized spacial score (nSPS) is 25.2. The summed E-state index contributed by atoms with van der Waals surface area (Å²) in [5.41, 5.74) is 6.54. The van der Waals surface area contributed by atoms with E-state index >= 15 is 0 Å². The van der Waals surface area contributed by atoms with Gasteiger partial charge in [-0.2, -0.15) is 0 Å². The van der Waals surface area contributed by atoms with Gasteiger partial charge in [-0.25, -0.2) is 9.78 Å². The molecule has 6 heteroatoms. The minimum absolute atomic E-state index is 0.191. The maximum Gasteiger partial charge on any atom is 0.410 e. The van der Waals surface area contributed by atoms with Crippen LogP contribution in [-0.4, -0.2) is 34.2 Å². The summed E-state index contributed by atoms with van der Waals surface area (Å²) < 4.78 is 5.56. The van der Waals surface area contributed by atoms with E-state index in [1.54, 1.807) is 11.3 Å². The zero-order chi connectivity index (χ0) is 15.2. The van der Waals surface area contributed by atoms with Gasteiger partial charge in [-0.05, 0) is 46.5 Å². The maximum atomic E-state index is 12.4. The molecule has 2 heterocycles. The minimum atomic E-state index is -0.449. The van der Waals surface area contributed by atoms with Crippen LogP contribution >= 0.6 is 11.3 Å². The zero-order valence-electron chi connectivity index (χ0n) is 12.9. The number of piperidine rings is 1. The van der Waals surface area contributed by atoms with E-state index in [1.807, 2.05) is 25.7 Å². The first-order valence-corrected chi connectivity index (χ1v) is 8.41. The van der Waals surface area contributed by atoms with Crippen molar-refractivity contribution in [2.45, 2.75) is 64.0 Å². The number of ether oxygens (including phenoxy) is 1. The molecule has 0 aromatic carbocycles. The Bertz CT molecular complexity index is 550. The molecule has 1 fully saturated rings. The number of hydrogen-bond donors (Lipinski definition) is 1. The van der Waals surface area contributed by atoms with E-state index in [2.05, 4.69) is 4.98 Å². The monoisotopic (exact) mass is 309 g/mol. The maximum absolute atomic E-state index is 12.4. The number of hydrogen-bond acceptors (Lipinski definition) is 5. The van der Waals surface area contributed by atoms with Crippen molar-refractivity contribution in [2.75, 3.05) is 12.3 Å². The van der Waals surface area contributed by atoms with Crippen LogP contribution in [0.15, 0.2) is 0 Å². The largest absolute Gasteiger partial charge is 0.444 e. The fourth-order valence-electron chi connectivity index (χ4n) is 3.41. The van der Waals surface area contributed by atoms with Crippen LogP contribution in [0.2, 0.25) is 0 Å². The number of carbonyl (C=O) groups is 1. The lowest BCUT2D eigenvalue weighted by atomic mass is 9.79. The quantitative estimate of drug-likeness (QED) is 0.799. The summed E-state index contributed by atoms with van der Waals surface area (Å²) in [5, 5.41) is 0.648. The van der Waals surface area contributed by atoms with Crippen LogP contribution in [-0.2, 0) is 11.2 Å². The lowest BCUT2D eigenvalue weighted by Crippen LogP contribution is -2.50. The molecule has 2 N–H and O–H groups in total. The Morgan fingerprint density at radius 3 is 2.90 bits per heavy atom. The summed E-state index contributed by atoms with van der Waals surface area (Å²) in [6.45, 7) is 6.51. The smallest absolute Gasteiger partial charge is 0.410 e. The standard InChI is InChI=1S/C15H23N3O2S/c1-15(2,3)20-14(19)18-8-4-5-9-10(18)6-7-11-12(9)17-13(16)21-11/h9-10H,4-8H2,1-3H3,(H2,16,17)/t9-,10+/m1/s1. The van der Waals surface area contributed by atoms with Crippen molar-refractivity contribution in [1.29, 1.82) is 0 Å². The van der Waals surface area contributed by atoms with E-state index in [0.717, 1.165) is 37.9 Å². The topological polar surface area (TPSA) is 68.5 Å². The van der Waals surface area contributed by atoms with Gasteiger partial charge in [-0.1, -0.05) is 0 Å². The van der Waals surface area contributed by atoms with E-state index in [1.165, 1.54) is 4.88 Å². The molecule has 0 saturated carbocycles. The number of nitrogens with zero attached hydrogens (tertiary/aromatic N) is 2. The SMILES string of the molecule is CC(C)(C)OC(=O)N1CCC[C@H]2c3nc(N)sc3CC[C@@H]21. The number of thiazole rings is 1. The van der Waals surface area contributed by atoms with Gasteiger partial charge in [-0.15, -0.1) is 11.3 Å². The first kappa shape index (κ1) is 14.6. The molecule has 3 rings (SSSR count). The number of likely N-dealkylation sites (tertiary alicyclic amines) is 1. The predicted molar refractivity (Wildman–Crippen MR) is 83.6 cm³/mol. The number of anilines is 1. The predicted octanol–water partition coefficient (Wildman–Crippen LogP) is 3.15. The van der Waals surface area contributed by atoms with Crippen LogP contribution in [0.1, 0.15) is 56.5 Å². The van der Waals surface area contributed by atoms with Gasteiger partial charge in [0.25, 0.3) is 0 Å². The highest BCUT2D eigenvalue weighted by molar-refractivity contribution is 7.15. The van der Waals surface area contributed by atoms with Gasteiger partial charge < -0.3 is 15.4 Å². The number of rotatable bonds is 0. The van der Waals surface area contributed by atoms with Crippen molar-refractivity contribution in [3.8, 4) is 0 Å². The molecule has 1 aromatic rings. The highest BCUT2D eigenvalue weighted by atomic mass is 32.1. The molecule has 0 spiro atoms. The van der Waals surface area contributed by atoms with E-state index in [0.29, 0.717) is 11.0 Å². The van der Waals surface area contributed by atoms with Crippen molar-refractivity contribution in [2.24, 2.45) is 0 Å². The van der Waals surface area contributed by atoms with Gasteiger partial charge in [-0.3, -0.25) is 0 Å². The van der Waals surface area contributed by atoms with Crippen LogP contribution < -0.4 is 5.73 Å². The van der Waals surface area contributed by atoms with Gasteiger partial charge in [0.15, 0.2) is 5.13 Å². The van der Waals surface area contributed by atoms with Gasteiger partial charge >= 0.3 is 6.09 Å². The number of amides is 1. The van der Waals surface area contributed by atoms with Crippen molar-refractivity contribution < 1.29 is 9.53 Å². The van der Waals surface area contributed by atoms with Gasteiger partial charge in [0, 0.05) is 23.4 Å². The molecule has 1 saturated heterocycles. The lowest BCUT2D eigenvalue weighted by molar-refractivity contribution is 0.00408. The van der Waals surface area contributed by atoms with Crippen molar-refractivity contribution >= 4 is 22.6 Å². The van der Waals surface area contributed by atoms with E-state index in [-0.39, 0.29) is 12.1 Å². The second kappa shape index (κ2) is 5.16. The third kappa shape index (κ3) is 2.86. The van der Waals surface area contributed by atoms with Gasteiger partial charge in [0.05, 0.1) is 5.69 Å². The van der Waals surface area contributed by atoms with Gasteiger partial charge in [0.2, 0.25) is 0 Å². The first-order valence-electron chi connectivity index (χ1n) is 7.60. The highest BCUT2D eigenvalue weighted by Gasteiger charge is 2.41. The van der Waals surface area contributed by atoms with Crippen LogP contribution in [0.5, 0.6) is 0 Å². The molecule has 0 bridgehead atoms. The Hall–Kier alpha value is -1.30.